The maximum atomic E-state index is 5.50. The zero-order chi connectivity index (χ0) is 15.4. The highest BCUT2D eigenvalue weighted by atomic mass is 32.1. The molecule has 0 saturated carbocycles. The summed E-state index contributed by atoms with van der Waals surface area (Å²) in [6, 6.07) is 14.7. The summed E-state index contributed by atoms with van der Waals surface area (Å²) in [6.45, 7) is 4.36. The molecule has 0 aliphatic carbocycles. The van der Waals surface area contributed by atoms with Crippen molar-refractivity contribution in [1.29, 1.82) is 0 Å². The highest BCUT2D eigenvalue weighted by Gasteiger charge is 2.31. The molecule has 0 fully saturated rings. The van der Waals surface area contributed by atoms with Gasteiger partial charge in [0.25, 0.3) is 0 Å². The summed E-state index contributed by atoms with van der Waals surface area (Å²) in [4.78, 5) is 1.20. The molecule has 0 bridgehead atoms. The second-order valence-corrected chi connectivity index (χ2v) is 6.31. The van der Waals surface area contributed by atoms with Crippen molar-refractivity contribution in [1.82, 2.24) is 10.3 Å². The van der Waals surface area contributed by atoms with E-state index < -0.39 is 0 Å². The predicted molar refractivity (Wildman–Crippen MR) is 97.3 cm³/mol. The molecule has 1 unspecified atom stereocenters. The Bertz CT molecular complexity index is 677. The van der Waals surface area contributed by atoms with E-state index in [1.54, 1.807) is 17.4 Å². The van der Waals surface area contributed by atoms with Gasteiger partial charge in [0, 0.05) is 13.0 Å². The monoisotopic (exact) mass is 327 g/mol. The van der Waals surface area contributed by atoms with Crippen molar-refractivity contribution < 1.29 is 0 Å². The van der Waals surface area contributed by atoms with Crippen molar-refractivity contribution in [2.75, 3.05) is 6.54 Å². The fourth-order valence-corrected chi connectivity index (χ4v) is 3.44. The van der Waals surface area contributed by atoms with Crippen molar-refractivity contribution in [2.45, 2.75) is 12.5 Å². The lowest BCUT2D eigenvalue weighted by Gasteiger charge is -2.24. The average molecular weight is 327 g/mol. The topological polar surface area (TPSA) is 27.6 Å². The summed E-state index contributed by atoms with van der Waals surface area (Å²) in [6.07, 6.45) is 2.66. The molecular weight excluding hydrogens is 310 g/mol. The molecule has 112 valence electrons. The molecular formula is C17H17N3S2. The molecule has 0 spiro atoms. The predicted octanol–water partition coefficient (Wildman–Crippen LogP) is 3.96. The second-order valence-electron chi connectivity index (χ2n) is 4.97. The number of thiophene rings is 1. The summed E-state index contributed by atoms with van der Waals surface area (Å²) in [5.74, 6) is 0. The van der Waals surface area contributed by atoms with Crippen LogP contribution in [-0.2, 0) is 0 Å². The average Bonchev–Trinajstić information content (AvgIpc) is 3.22. The number of rotatable bonds is 4. The van der Waals surface area contributed by atoms with Crippen molar-refractivity contribution in [2.24, 2.45) is 5.10 Å². The van der Waals surface area contributed by atoms with E-state index in [-0.39, 0.29) is 6.04 Å². The van der Waals surface area contributed by atoms with Crippen molar-refractivity contribution >= 4 is 34.4 Å². The molecule has 0 radical (unpaired) electrons. The largest absolute Gasteiger partial charge is 0.358 e. The van der Waals surface area contributed by atoms with E-state index in [0.717, 1.165) is 12.1 Å². The fourth-order valence-electron chi connectivity index (χ4n) is 2.46. The third kappa shape index (κ3) is 3.10. The van der Waals surface area contributed by atoms with Crippen LogP contribution in [-0.4, -0.2) is 22.4 Å². The number of thiocarbonyl (C=S) groups is 1. The Morgan fingerprint density at radius 1 is 1.36 bits per heavy atom. The molecule has 0 amide bonds. The highest BCUT2D eigenvalue weighted by Crippen LogP contribution is 2.33. The molecule has 2 heterocycles. The minimum absolute atomic E-state index is 0.142. The number of hydrogen-bond donors (Lipinski definition) is 1. The third-order valence-corrected chi connectivity index (χ3v) is 4.76. The van der Waals surface area contributed by atoms with Gasteiger partial charge in [-0.2, -0.15) is 5.10 Å². The smallest absolute Gasteiger partial charge is 0.190 e. The van der Waals surface area contributed by atoms with Crippen molar-refractivity contribution in [3.8, 4) is 0 Å². The molecule has 1 aliphatic heterocycles. The number of nitrogens with one attached hydrogen (secondary N) is 1. The third-order valence-electron chi connectivity index (χ3n) is 3.51. The zero-order valence-electron chi connectivity index (χ0n) is 12.1. The normalized spacial score (nSPS) is 17.2. The maximum absolute atomic E-state index is 5.50. The molecule has 1 aliphatic rings. The van der Waals surface area contributed by atoms with Gasteiger partial charge in [-0.1, -0.05) is 42.5 Å². The highest BCUT2D eigenvalue weighted by molar-refractivity contribution is 7.80. The Morgan fingerprint density at radius 3 is 2.86 bits per heavy atom. The molecule has 1 N–H and O–H groups in total. The zero-order valence-corrected chi connectivity index (χ0v) is 13.7. The van der Waals surface area contributed by atoms with Crippen LogP contribution in [0.5, 0.6) is 0 Å². The Hall–Kier alpha value is -1.98. The summed E-state index contributed by atoms with van der Waals surface area (Å²) in [7, 11) is 0. The quantitative estimate of drug-likeness (QED) is 0.680. The van der Waals surface area contributed by atoms with E-state index in [1.807, 2.05) is 11.1 Å². The molecule has 22 heavy (non-hydrogen) atoms. The summed E-state index contributed by atoms with van der Waals surface area (Å²) >= 11 is 7.21. The lowest BCUT2D eigenvalue weighted by Crippen LogP contribution is -2.36. The van der Waals surface area contributed by atoms with Crippen LogP contribution in [0.15, 0.2) is 65.6 Å². The van der Waals surface area contributed by atoms with Gasteiger partial charge >= 0.3 is 0 Å². The maximum Gasteiger partial charge on any atom is 0.190 e. The van der Waals surface area contributed by atoms with Crippen molar-refractivity contribution in [3.05, 3.63) is 70.9 Å². The van der Waals surface area contributed by atoms with Crippen LogP contribution >= 0.6 is 23.6 Å². The minimum Gasteiger partial charge on any atom is -0.358 e. The van der Waals surface area contributed by atoms with E-state index in [4.69, 9.17) is 17.3 Å². The summed E-state index contributed by atoms with van der Waals surface area (Å²) < 4.78 is 0. The van der Waals surface area contributed by atoms with Crippen LogP contribution in [0.1, 0.15) is 22.9 Å². The minimum atomic E-state index is 0.142. The lowest BCUT2D eigenvalue weighted by atomic mass is 10.0. The Labute approximate surface area is 140 Å². The molecule has 1 aromatic carbocycles. The standard InChI is InChI=1S/C17H17N3S2/c1-2-10-18-17(21)20-15(13-7-4-3-5-8-13)12-14(19-20)16-9-6-11-22-16/h2-9,11,15H,1,10,12H2,(H,18,21). The lowest BCUT2D eigenvalue weighted by molar-refractivity contribution is 0.365. The van der Waals surface area contributed by atoms with Gasteiger partial charge < -0.3 is 5.32 Å². The first-order valence-electron chi connectivity index (χ1n) is 7.14. The van der Waals surface area contributed by atoms with E-state index >= 15 is 0 Å². The van der Waals surface area contributed by atoms with Gasteiger partial charge in [-0.05, 0) is 29.2 Å². The van der Waals surface area contributed by atoms with Gasteiger partial charge in [0.05, 0.1) is 16.6 Å². The van der Waals surface area contributed by atoms with Gasteiger partial charge in [0.1, 0.15) is 0 Å². The van der Waals surface area contributed by atoms with Crippen LogP contribution in [0.25, 0.3) is 0 Å². The number of hydrazone groups is 1. The van der Waals surface area contributed by atoms with Gasteiger partial charge in [0.2, 0.25) is 0 Å². The fraction of sp³-hybridized carbons (Fsp3) is 0.176. The van der Waals surface area contributed by atoms with Crippen LogP contribution in [0.3, 0.4) is 0 Å². The number of benzene rings is 1. The molecule has 1 aromatic heterocycles. The van der Waals surface area contributed by atoms with Crippen LogP contribution in [0.2, 0.25) is 0 Å². The summed E-state index contributed by atoms with van der Waals surface area (Å²) in [5.41, 5.74) is 2.31. The first-order chi connectivity index (χ1) is 10.8. The molecule has 3 rings (SSSR count). The Balaban J connectivity index is 1.89. The van der Waals surface area contributed by atoms with E-state index in [9.17, 15) is 0 Å². The molecule has 0 saturated heterocycles. The number of nitrogens with zero attached hydrogens (tertiary/aromatic N) is 2. The van der Waals surface area contributed by atoms with Crippen molar-refractivity contribution in [3.63, 3.8) is 0 Å². The molecule has 1 atom stereocenters. The SMILES string of the molecule is C=CCNC(=S)N1N=C(c2cccs2)CC1c1ccccc1. The van der Waals surface area contributed by atoms with E-state index in [1.165, 1.54) is 10.4 Å². The van der Waals surface area contributed by atoms with E-state index in [0.29, 0.717) is 11.7 Å². The number of hydrogen-bond acceptors (Lipinski definition) is 3. The van der Waals surface area contributed by atoms with Gasteiger partial charge in [-0.15, -0.1) is 17.9 Å². The molecule has 5 heteroatoms. The molecule has 3 nitrogen and oxygen atoms in total. The molecule has 2 aromatic rings. The Morgan fingerprint density at radius 2 is 2.18 bits per heavy atom. The first kappa shape index (κ1) is 14.9. The first-order valence-corrected chi connectivity index (χ1v) is 8.42. The van der Waals surface area contributed by atoms with E-state index in [2.05, 4.69) is 53.7 Å². The summed E-state index contributed by atoms with van der Waals surface area (Å²) in [5, 5.41) is 12.6. The van der Waals surface area contributed by atoms with Crippen LogP contribution in [0, 0.1) is 0 Å². The van der Waals surface area contributed by atoms with Gasteiger partial charge in [0.15, 0.2) is 5.11 Å². The van der Waals surface area contributed by atoms with Crippen LogP contribution < -0.4 is 5.32 Å². The van der Waals surface area contributed by atoms with Crippen LogP contribution in [0.4, 0.5) is 0 Å². The Kier molecular flexibility index (Phi) is 4.65. The van der Waals surface area contributed by atoms with Gasteiger partial charge in [-0.25, -0.2) is 5.01 Å². The van der Waals surface area contributed by atoms with Gasteiger partial charge in [-0.3, -0.25) is 0 Å². The second kappa shape index (κ2) is 6.85.